The van der Waals surface area contributed by atoms with Crippen molar-refractivity contribution in [1.82, 2.24) is 15.5 Å². The van der Waals surface area contributed by atoms with Crippen molar-refractivity contribution in [2.75, 3.05) is 13.7 Å². The molecule has 0 unspecified atom stereocenters. The van der Waals surface area contributed by atoms with Crippen LogP contribution in [0.3, 0.4) is 0 Å². The molecule has 4 rings (SSSR count). The average Bonchev–Trinajstić information content (AvgIpc) is 3.27. The number of nitrogens with zero attached hydrogens (tertiary/aromatic N) is 2. The number of rotatable bonds is 8. The fraction of sp³-hybridized carbons (Fsp3) is 0.174. The van der Waals surface area contributed by atoms with Crippen LogP contribution >= 0.6 is 0 Å². The highest BCUT2D eigenvalue weighted by atomic mass is 16.5. The van der Waals surface area contributed by atoms with E-state index in [-0.39, 0.29) is 18.2 Å². The quantitative estimate of drug-likeness (QED) is 0.482. The van der Waals surface area contributed by atoms with Gasteiger partial charge in [0.15, 0.2) is 11.5 Å². The van der Waals surface area contributed by atoms with Gasteiger partial charge >= 0.3 is 0 Å². The molecule has 30 heavy (non-hydrogen) atoms. The summed E-state index contributed by atoms with van der Waals surface area (Å²) in [6, 6.07) is 18.8. The number of hydrogen-bond acceptors (Lipinski definition) is 6. The van der Waals surface area contributed by atoms with Gasteiger partial charge in [0, 0.05) is 24.2 Å². The second kappa shape index (κ2) is 9.09. The van der Waals surface area contributed by atoms with Gasteiger partial charge in [-0.1, -0.05) is 29.4 Å². The molecule has 152 valence electrons. The summed E-state index contributed by atoms with van der Waals surface area (Å²) in [4.78, 5) is 16.6. The van der Waals surface area contributed by atoms with Crippen LogP contribution in [-0.2, 0) is 13.0 Å². The molecule has 1 amide bonds. The Labute approximate surface area is 173 Å². The molecular formula is C23H21N3O4. The lowest BCUT2D eigenvalue weighted by atomic mass is 10.1. The largest absolute Gasteiger partial charge is 0.496 e. The van der Waals surface area contributed by atoms with Crippen LogP contribution in [0, 0.1) is 0 Å². The molecule has 1 N–H and O–H groups in total. The summed E-state index contributed by atoms with van der Waals surface area (Å²) in [6.45, 7) is 0.635. The molecule has 2 aromatic carbocycles. The fourth-order valence-corrected chi connectivity index (χ4v) is 3.10. The van der Waals surface area contributed by atoms with Gasteiger partial charge in [0.2, 0.25) is 0 Å². The number of carbonyl (C=O) groups is 1. The number of aromatic nitrogens is 2. The summed E-state index contributed by atoms with van der Waals surface area (Å²) in [5, 5.41) is 7.67. The summed E-state index contributed by atoms with van der Waals surface area (Å²) >= 11 is 0. The molecule has 0 aliphatic heterocycles. The minimum Gasteiger partial charge on any atom is -0.496 e. The van der Waals surface area contributed by atoms with Crippen molar-refractivity contribution in [3.8, 4) is 11.5 Å². The first kappa shape index (κ1) is 19.4. The molecule has 2 heterocycles. The zero-order valence-corrected chi connectivity index (χ0v) is 16.5. The molecule has 0 fully saturated rings. The molecule has 0 aliphatic rings. The van der Waals surface area contributed by atoms with Crippen molar-refractivity contribution in [3.05, 3.63) is 83.9 Å². The first-order chi connectivity index (χ1) is 14.7. The van der Waals surface area contributed by atoms with E-state index in [9.17, 15) is 4.79 Å². The summed E-state index contributed by atoms with van der Waals surface area (Å²) < 4.78 is 16.3. The van der Waals surface area contributed by atoms with Crippen molar-refractivity contribution in [2.45, 2.75) is 13.0 Å². The van der Waals surface area contributed by atoms with Crippen LogP contribution in [-0.4, -0.2) is 29.7 Å². The number of carbonyl (C=O) groups excluding carboxylic acids is 1. The fourth-order valence-electron chi connectivity index (χ4n) is 3.10. The molecule has 0 atom stereocenters. The van der Waals surface area contributed by atoms with Crippen molar-refractivity contribution in [1.29, 1.82) is 0 Å². The summed E-state index contributed by atoms with van der Waals surface area (Å²) in [5.74, 6) is 1.67. The Bertz CT molecular complexity index is 1160. The number of fused-ring (bicyclic) bond motifs is 1. The molecule has 0 radical (unpaired) electrons. The van der Waals surface area contributed by atoms with Gasteiger partial charge in [0.25, 0.3) is 5.91 Å². The van der Waals surface area contributed by atoms with E-state index in [1.54, 1.807) is 19.4 Å². The number of nitrogens with one attached hydrogen (secondary N) is 1. The third-order valence-electron chi connectivity index (χ3n) is 4.62. The van der Waals surface area contributed by atoms with Crippen LogP contribution in [0.25, 0.3) is 10.9 Å². The lowest BCUT2D eigenvalue weighted by molar-refractivity contribution is 0.0944. The van der Waals surface area contributed by atoms with Gasteiger partial charge in [-0.25, -0.2) is 0 Å². The van der Waals surface area contributed by atoms with Crippen molar-refractivity contribution < 1.29 is 18.8 Å². The molecule has 0 saturated heterocycles. The summed E-state index contributed by atoms with van der Waals surface area (Å²) in [7, 11) is 1.63. The maximum absolute atomic E-state index is 12.3. The van der Waals surface area contributed by atoms with Crippen molar-refractivity contribution >= 4 is 16.8 Å². The predicted octanol–water partition coefficient (Wildman–Crippen LogP) is 3.78. The molecule has 0 spiro atoms. The number of hydrogen-bond donors (Lipinski definition) is 1. The Morgan fingerprint density at radius 3 is 2.90 bits per heavy atom. The lowest BCUT2D eigenvalue weighted by Gasteiger charge is -2.08. The molecule has 0 saturated carbocycles. The SMILES string of the molecule is COc1ccccc1CCNC(=O)c1cc(COc2ccc3ncccc3c2)on1. The van der Waals surface area contributed by atoms with E-state index in [2.05, 4.69) is 15.5 Å². The maximum Gasteiger partial charge on any atom is 0.273 e. The first-order valence-corrected chi connectivity index (χ1v) is 9.56. The van der Waals surface area contributed by atoms with Gasteiger partial charge in [-0.05, 0) is 42.3 Å². The van der Waals surface area contributed by atoms with E-state index in [1.807, 2.05) is 54.6 Å². The molecule has 7 heteroatoms. The van der Waals surface area contributed by atoms with Crippen molar-refractivity contribution in [2.24, 2.45) is 0 Å². The van der Waals surface area contributed by atoms with Crippen LogP contribution in [0.5, 0.6) is 11.5 Å². The van der Waals surface area contributed by atoms with Gasteiger partial charge in [-0.3, -0.25) is 9.78 Å². The van der Waals surface area contributed by atoms with Crippen LogP contribution in [0.4, 0.5) is 0 Å². The molecule has 2 aromatic heterocycles. The normalized spacial score (nSPS) is 10.7. The number of methoxy groups -OCH3 is 1. The monoisotopic (exact) mass is 403 g/mol. The van der Waals surface area contributed by atoms with Crippen LogP contribution in [0.1, 0.15) is 21.8 Å². The van der Waals surface area contributed by atoms with Crippen LogP contribution in [0.15, 0.2) is 71.4 Å². The van der Waals surface area contributed by atoms with Gasteiger partial charge in [0.05, 0.1) is 12.6 Å². The van der Waals surface area contributed by atoms with Gasteiger partial charge in [-0.15, -0.1) is 0 Å². The zero-order chi connectivity index (χ0) is 20.8. The maximum atomic E-state index is 12.3. The average molecular weight is 403 g/mol. The Balaban J connectivity index is 1.30. The second-order valence-electron chi connectivity index (χ2n) is 6.64. The van der Waals surface area contributed by atoms with E-state index in [0.717, 1.165) is 22.2 Å². The number of amides is 1. The summed E-state index contributed by atoms with van der Waals surface area (Å²) in [6.07, 6.45) is 2.40. The molecule has 4 aromatic rings. The van der Waals surface area contributed by atoms with Crippen LogP contribution in [0.2, 0.25) is 0 Å². The molecular weight excluding hydrogens is 382 g/mol. The number of benzene rings is 2. The Hall–Kier alpha value is -3.87. The zero-order valence-electron chi connectivity index (χ0n) is 16.5. The topological polar surface area (TPSA) is 86.5 Å². The Kier molecular flexibility index (Phi) is 5.89. The minimum atomic E-state index is -0.295. The molecule has 0 bridgehead atoms. The highest BCUT2D eigenvalue weighted by molar-refractivity contribution is 5.92. The van der Waals surface area contributed by atoms with Crippen molar-refractivity contribution in [3.63, 3.8) is 0 Å². The second-order valence-corrected chi connectivity index (χ2v) is 6.64. The van der Waals surface area contributed by atoms with Gasteiger partial charge in [-0.2, -0.15) is 0 Å². The Morgan fingerprint density at radius 2 is 2.00 bits per heavy atom. The highest BCUT2D eigenvalue weighted by Crippen LogP contribution is 2.20. The Morgan fingerprint density at radius 1 is 1.10 bits per heavy atom. The summed E-state index contributed by atoms with van der Waals surface area (Å²) in [5.41, 5.74) is 2.15. The first-order valence-electron chi connectivity index (χ1n) is 9.56. The minimum absolute atomic E-state index is 0.174. The van der Waals surface area contributed by atoms with E-state index in [4.69, 9.17) is 14.0 Å². The van der Waals surface area contributed by atoms with Gasteiger partial charge in [0.1, 0.15) is 18.1 Å². The van der Waals surface area contributed by atoms with E-state index < -0.39 is 0 Å². The lowest BCUT2D eigenvalue weighted by Crippen LogP contribution is -2.26. The predicted molar refractivity (Wildman–Crippen MR) is 112 cm³/mol. The van der Waals surface area contributed by atoms with Gasteiger partial charge < -0.3 is 19.3 Å². The smallest absolute Gasteiger partial charge is 0.273 e. The van der Waals surface area contributed by atoms with E-state index >= 15 is 0 Å². The third-order valence-corrected chi connectivity index (χ3v) is 4.62. The van der Waals surface area contributed by atoms with E-state index in [0.29, 0.717) is 24.5 Å². The standard InChI is InChI=1S/C23H21N3O4/c1-28-22-7-3-2-5-16(22)10-12-25-23(27)21-14-19(30-26-21)15-29-18-8-9-20-17(13-18)6-4-11-24-20/h2-9,11,13-14H,10,12,15H2,1H3,(H,25,27). The highest BCUT2D eigenvalue weighted by Gasteiger charge is 2.13. The number of ether oxygens (including phenoxy) is 2. The third kappa shape index (κ3) is 4.57. The number of para-hydroxylation sites is 1. The van der Waals surface area contributed by atoms with Crippen LogP contribution < -0.4 is 14.8 Å². The molecule has 7 nitrogen and oxygen atoms in total. The molecule has 0 aliphatic carbocycles. The number of pyridine rings is 1. The van der Waals surface area contributed by atoms with E-state index in [1.165, 1.54) is 0 Å².